The maximum atomic E-state index is 12.1. The SMILES string of the molecule is CC(=O)N(C)C1CCN(CC(F)(F)F)CC1. The molecule has 0 bridgehead atoms. The zero-order chi connectivity index (χ0) is 12.3. The number of likely N-dealkylation sites (tertiary alicyclic amines) is 1. The van der Waals surface area contributed by atoms with E-state index >= 15 is 0 Å². The van der Waals surface area contributed by atoms with Crippen molar-refractivity contribution in [3.05, 3.63) is 0 Å². The zero-order valence-electron chi connectivity index (χ0n) is 9.55. The number of hydrogen-bond acceptors (Lipinski definition) is 2. The van der Waals surface area contributed by atoms with Gasteiger partial charge in [-0.15, -0.1) is 0 Å². The van der Waals surface area contributed by atoms with Gasteiger partial charge in [-0.2, -0.15) is 13.2 Å². The maximum absolute atomic E-state index is 12.1. The van der Waals surface area contributed by atoms with Crippen molar-refractivity contribution in [1.29, 1.82) is 0 Å². The molecule has 0 saturated carbocycles. The van der Waals surface area contributed by atoms with Crippen LogP contribution >= 0.6 is 0 Å². The first-order valence-corrected chi connectivity index (χ1v) is 5.32. The average Bonchev–Trinajstić information content (AvgIpc) is 2.15. The second-order valence-electron chi connectivity index (χ2n) is 4.25. The van der Waals surface area contributed by atoms with Crippen molar-refractivity contribution in [2.24, 2.45) is 0 Å². The number of amides is 1. The van der Waals surface area contributed by atoms with E-state index in [1.807, 2.05) is 0 Å². The normalized spacial score (nSPS) is 19.8. The summed E-state index contributed by atoms with van der Waals surface area (Å²) in [5.74, 6) is -0.0331. The van der Waals surface area contributed by atoms with Gasteiger partial charge in [0.2, 0.25) is 5.91 Å². The van der Waals surface area contributed by atoms with Gasteiger partial charge in [0.05, 0.1) is 6.54 Å². The Morgan fingerprint density at radius 3 is 2.25 bits per heavy atom. The fourth-order valence-corrected chi connectivity index (χ4v) is 1.98. The average molecular weight is 238 g/mol. The van der Waals surface area contributed by atoms with Crippen LogP contribution in [0.4, 0.5) is 13.2 Å². The Hall–Kier alpha value is -0.780. The molecule has 1 amide bonds. The molecule has 0 aromatic rings. The largest absolute Gasteiger partial charge is 0.401 e. The molecule has 3 nitrogen and oxygen atoms in total. The van der Waals surface area contributed by atoms with Crippen LogP contribution in [-0.2, 0) is 4.79 Å². The highest BCUT2D eigenvalue weighted by Gasteiger charge is 2.33. The summed E-state index contributed by atoms with van der Waals surface area (Å²) in [5, 5.41) is 0. The number of rotatable bonds is 2. The lowest BCUT2D eigenvalue weighted by Crippen LogP contribution is -2.47. The Bertz CT molecular complexity index is 247. The number of carbonyl (C=O) groups excluding carboxylic acids is 1. The lowest BCUT2D eigenvalue weighted by atomic mass is 10.0. The third-order valence-corrected chi connectivity index (χ3v) is 3.00. The van der Waals surface area contributed by atoms with Crippen molar-refractivity contribution < 1.29 is 18.0 Å². The standard InChI is InChI=1S/C10H17F3N2O/c1-8(16)14(2)9-3-5-15(6-4-9)7-10(11,12)13/h9H,3-7H2,1-2H3. The van der Waals surface area contributed by atoms with Gasteiger partial charge in [-0.25, -0.2) is 0 Å². The molecule has 1 aliphatic rings. The van der Waals surface area contributed by atoms with E-state index in [-0.39, 0.29) is 11.9 Å². The third kappa shape index (κ3) is 4.00. The molecular weight excluding hydrogens is 221 g/mol. The minimum Gasteiger partial charge on any atom is -0.343 e. The Morgan fingerprint density at radius 2 is 1.88 bits per heavy atom. The molecule has 1 saturated heterocycles. The van der Waals surface area contributed by atoms with Gasteiger partial charge in [0.25, 0.3) is 0 Å². The first-order valence-electron chi connectivity index (χ1n) is 5.32. The first-order chi connectivity index (χ1) is 7.29. The van der Waals surface area contributed by atoms with Crippen molar-refractivity contribution in [3.8, 4) is 0 Å². The Morgan fingerprint density at radius 1 is 1.38 bits per heavy atom. The van der Waals surface area contributed by atoms with Gasteiger partial charge >= 0.3 is 6.18 Å². The summed E-state index contributed by atoms with van der Waals surface area (Å²) < 4.78 is 36.4. The smallest absolute Gasteiger partial charge is 0.343 e. The number of halogens is 3. The highest BCUT2D eigenvalue weighted by atomic mass is 19.4. The van der Waals surface area contributed by atoms with Crippen molar-refractivity contribution >= 4 is 5.91 Å². The number of alkyl halides is 3. The van der Waals surface area contributed by atoms with Crippen molar-refractivity contribution in [2.75, 3.05) is 26.7 Å². The van der Waals surface area contributed by atoms with E-state index in [1.54, 1.807) is 11.9 Å². The summed E-state index contributed by atoms with van der Waals surface area (Å²) >= 11 is 0. The van der Waals surface area contributed by atoms with Crippen LogP contribution in [0, 0.1) is 0 Å². The van der Waals surface area contributed by atoms with Crippen LogP contribution in [0.3, 0.4) is 0 Å². The Kier molecular flexibility index (Phi) is 4.18. The lowest BCUT2D eigenvalue weighted by Gasteiger charge is -2.36. The summed E-state index contributed by atoms with van der Waals surface area (Å²) in [6.07, 6.45) is -2.89. The molecule has 0 N–H and O–H groups in total. The van der Waals surface area contributed by atoms with Gasteiger partial charge in [0.15, 0.2) is 0 Å². The molecule has 6 heteroatoms. The summed E-state index contributed by atoms with van der Waals surface area (Å²) in [4.78, 5) is 14.1. The second kappa shape index (κ2) is 5.03. The fraction of sp³-hybridized carbons (Fsp3) is 0.900. The quantitative estimate of drug-likeness (QED) is 0.727. The van der Waals surface area contributed by atoms with Gasteiger partial charge in [-0.05, 0) is 12.8 Å². The molecule has 1 heterocycles. The van der Waals surface area contributed by atoms with Crippen LogP contribution in [0.15, 0.2) is 0 Å². The number of nitrogens with zero attached hydrogens (tertiary/aromatic N) is 2. The predicted molar refractivity (Wildman–Crippen MR) is 54.0 cm³/mol. The van der Waals surface area contributed by atoms with Crippen molar-refractivity contribution in [2.45, 2.75) is 32.0 Å². The fourth-order valence-electron chi connectivity index (χ4n) is 1.98. The lowest BCUT2D eigenvalue weighted by molar-refractivity contribution is -0.150. The summed E-state index contributed by atoms with van der Waals surface area (Å²) in [5.41, 5.74) is 0. The van der Waals surface area contributed by atoms with E-state index in [0.29, 0.717) is 25.9 Å². The van der Waals surface area contributed by atoms with E-state index < -0.39 is 12.7 Å². The second-order valence-corrected chi connectivity index (χ2v) is 4.25. The van der Waals surface area contributed by atoms with Crippen molar-refractivity contribution in [3.63, 3.8) is 0 Å². The van der Waals surface area contributed by atoms with Crippen LogP contribution in [-0.4, -0.2) is 54.6 Å². The third-order valence-electron chi connectivity index (χ3n) is 3.00. The van der Waals surface area contributed by atoms with Crippen LogP contribution < -0.4 is 0 Å². The highest BCUT2D eigenvalue weighted by molar-refractivity contribution is 5.73. The molecule has 0 atom stereocenters. The summed E-state index contributed by atoms with van der Waals surface area (Å²) in [7, 11) is 1.70. The molecule has 0 aromatic heterocycles. The van der Waals surface area contributed by atoms with Gasteiger partial charge in [-0.3, -0.25) is 9.69 Å². The van der Waals surface area contributed by atoms with Crippen LogP contribution in [0.2, 0.25) is 0 Å². The molecule has 0 radical (unpaired) electrons. The van der Waals surface area contributed by atoms with Crippen LogP contribution in [0.25, 0.3) is 0 Å². The molecule has 0 spiro atoms. The minimum atomic E-state index is -4.13. The Balaban J connectivity index is 2.37. The molecule has 94 valence electrons. The number of carbonyl (C=O) groups is 1. The van der Waals surface area contributed by atoms with Crippen LogP contribution in [0.1, 0.15) is 19.8 Å². The predicted octanol–water partition coefficient (Wildman–Crippen LogP) is 1.49. The van der Waals surface area contributed by atoms with Gasteiger partial charge in [-0.1, -0.05) is 0 Å². The van der Waals surface area contributed by atoms with Crippen molar-refractivity contribution in [1.82, 2.24) is 9.80 Å². The molecule has 0 aromatic carbocycles. The number of piperidine rings is 1. The molecule has 1 rings (SSSR count). The maximum Gasteiger partial charge on any atom is 0.401 e. The van der Waals surface area contributed by atoms with Gasteiger partial charge < -0.3 is 4.90 Å². The van der Waals surface area contributed by atoms with Gasteiger partial charge in [0, 0.05) is 33.1 Å². The molecule has 1 aliphatic heterocycles. The van der Waals surface area contributed by atoms with Gasteiger partial charge in [0.1, 0.15) is 0 Å². The molecule has 0 unspecified atom stereocenters. The number of hydrogen-bond donors (Lipinski definition) is 0. The molecule has 1 fully saturated rings. The first kappa shape index (κ1) is 13.3. The zero-order valence-corrected chi connectivity index (χ0v) is 9.55. The Labute approximate surface area is 93.2 Å². The van der Waals surface area contributed by atoms with E-state index in [4.69, 9.17) is 0 Å². The van der Waals surface area contributed by atoms with E-state index in [2.05, 4.69) is 0 Å². The summed E-state index contributed by atoms with van der Waals surface area (Å²) in [6.45, 7) is 1.44. The minimum absolute atomic E-state index is 0.0331. The van der Waals surface area contributed by atoms with E-state index in [0.717, 1.165) is 0 Å². The topological polar surface area (TPSA) is 23.6 Å². The molecule has 16 heavy (non-hydrogen) atoms. The molecular formula is C10H17F3N2O. The monoisotopic (exact) mass is 238 g/mol. The van der Waals surface area contributed by atoms with E-state index in [9.17, 15) is 18.0 Å². The summed E-state index contributed by atoms with van der Waals surface area (Å²) in [6, 6.07) is 0.0852. The van der Waals surface area contributed by atoms with E-state index in [1.165, 1.54) is 11.8 Å². The molecule has 0 aliphatic carbocycles. The van der Waals surface area contributed by atoms with Crippen LogP contribution in [0.5, 0.6) is 0 Å². The highest BCUT2D eigenvalue weighted by Crippen LogP contribution is 2.21.